The van der Waals surface area contributed by atoms with E-state index in [1.54, 1.807) is 12.1 Å². The van der Waals surface area contributed by atoms with E-state index in [0.29, 0.717) is 5.56 Å². The van der Waals surface area contributed by atoms with Crippen LogP contribution in [0, 0.1) is 11.8 Å². The Bertz CT molecular complexity index is 447. The molecule has 0 aliphatic carbocycles. The van der Waals surface area contributed by atoms with Gasteiger partial charge in [-0.2, -0.15) is 0 Å². The molecule has 1 aromatic carbocycles. The number of aliphatic carboxylic acids is 1. The molecule has 2 nitrogen and oxygen atoms in total. The van der Waals surface area contributed by atoms with Crippen molar-refractivity contribution in [3.63, 3.8) is 0 Å². The summed E-state index contributed by atoms with van der Waals surface area (Å²) in [6, 6.07) is 9.03. The van der Waals surface area contributed by atoms with Crippen LogP contribution in [0.25, 0.3) is 5.57 Å². The average molecular weight is 228 g/mol. The number of carboxylic acids is 1. The number of unbranched alkanes of at least 4 members (excludes halogenated alkanes) is 2. The normalized spacial score (nSPS) is 10.5. The van der Waals surface area contributed by atoms with E-state index < -0.39 is 5.97 Å². The van der Waals surface area contributed by atoms with Gasteiger partial charge in [0.1, 0.15) is 0 Å². The summed E-state index contributed by atoms with van der Waals surface area (Å²) in [7, 11) is 0. The predicted octanol–water partition coefficient (Wildman–Crippen LogP) is 3.35. The monoisotopic (exact) mass is 228 g/mol. The summed E-state index contributed by atoms with van der Waals surface area (Å²) in [6.07, 6.45) is 4.44. The molecule has 2 heteroatoms. The zero-order valence-electron chi connectivity index (χ0n) is 9.94. The zero-order chi connectivity index (χ0) is 12.5. The first-order valence-electron chi connectivity index (χ1n) is 5.73. The third-order valence-corrected chi connectivity index (χ3v) is 2.29. The smallest absolute Gasteiger partial charge is 0.336 e. The van der Waals surface area contributed by atoms with Crippen molar-refractivity contribution in [2.75, 3.05) is 0 Å². The van der Waals surface area contributed by atoms with E-state index in [-0.39, 0.29) is 5.57 Å². The van der Waals surface area contributed by atoms with Crippen LogP contribution in [0.5, 0.6) is 0 Å². The van der Waals surface area contributed by atoms with Crippen molar-refractivity contribution in [1.82, 2.24) is 0 Å². The number of carboxylic acid groups (broad SMARTS) is 1. The standard InChI is InChI=1S/C15H16O2/c1-2-3-4-5-9-12-14(15(16)17)13-10-7-6-8-11-13/h6-8,10-12H,2-4H2,1H3,(H,16,17)/b14-12+. The molecule has 0 unspecified atom stereocenters. The summed E-state index contributed by atoms with van der Waals surface area (Å²) in [5, 5.41) is 9.09. The van der Waals surface area contributed by atoms with Crippen LogP contribution in [0.15, 0.2) is 36.4 Å². The summed E-state index contributed by atoms with van der Waals surface area (Å²) >= 11 is 0. The number of hydrogen-bond donors (Lipinski definition) is 1. The highest BCUT2D eigenvalue weighted by molar-refractivity contribution is 6.15. The number of allylic oxidation sites excluding steroid dienone is 1. The number of rotatable bonds is 4. The first-order chi connectivity index (χ1) is 8.25. The summed E-state index contributed by atoms with van der Waals surface area (Å²) in [6.45, 7) is 2.10. The molecule has 0 heterocycles. The van der Waals surface area contributed by atoms with Crippen LogP contribution in [-0.2, 0) is 4.79 Å². The molecular weight excluding hydrogens is 212 g/mol. The minimum Gasteiger partial charge on any atom is -0.478 e. The van der Waals surface area contributed by atoms with Gasteiger partial charge in [0.15, 0.2) is 0 Å². The van der Waals surface area contributed by atoms with E-state index >= 15 is 0 Å². The minimum absolute atomic E-state index is 0.245. The number of benzene rings is 1. The van der Waals surface area contributed by atoms with Gasteiger partial charge in [-0.1, -0.05) is 55.5 Å². The minimum atomic E-state index is -0.944. The lowest BCUT2D eigenvalue weighted by Gasteiger charge is -1.99. The van der Waals surface area contributed by atoms with E-state index in [1.165, 1.54) is 6.08 Å². The highest BCUT2D eigenvalue weighted by atomic mass is 16.4. The fourth-order valence-electron chi connectivity index (χ4n) is 1.35. The highest BCUT2D eigenvalue weighted by Gasteiger charge is 2.07. The molecule has 1 aromatic rings. The second-order valence-electron chi connectivity index (χ2n) is 3.65. The van der Waals surface area contributed by atoms with Crippen molar-refractivity contribution >= 4 is 11.5 Å². The van der Waals surface area contributed by atoms with Crippen LogP contribution in [-0.4, -0.2) is 11.1 Å². The number of hydrogen-bond acceptors (Lipinski definition) is 1. The van der Waals surface area contributed by atoms with Gasteiger partial charge in [0.05, 0.1) is 5.57 Å². The quantitative estimate of drug-likeness (QED) is 0.487. The van der Waals surface area contributed by atoms with Crippen LogP contribution in [0.3, 0.4) is 0 Å². The Morgan fingerprint density at radius 2 is 2.06 bits per heavy atom. The maximum absolute atomic E-state index is 11.1. The summed E-state index contributed by atoms with van der Waals surface area (Å²) in [5.74, 6) is 4.82. The summed E-state index contributed by atoms with van der Waals surface area (Å²) in [4.78, 5) is 11.1. The van der Waals surface area contributed by atoms with Gasteiger partial charge in [0, 0.05) is 12.5 Å². The lowest BCUT2D eigenvalue weighted by atomic mass is 10.1. The fourth-order valence-corrected chi connectivity index (χ4v) is 1.35. The third-order valence-electron chi connectivity index (χ3n) is 2.29. The van der Waals surface area contributed by atoms with Crippen LogP contribution in [0.4, 0.5) is 0 Å². The second kappa shape index (κ2) is 7.29. The molecule has 1 N–H and O–H groups in total. The van der Waals surface area contributed by atoms with Gasteiger partial charge in [0.25, 0.3) is 0 Å². The zero-order valence-corrected chi connectivity index (χ0v) is 9.94. The van der Waals surface area contributed by atoms with E-state index in [0.717, 1.165) is 19.3 Å². The first kappa shape index (κ1) is 13.1. The number of carbonyl (C=O) groups is 1. The van der Waals surface area contributed by atoms with Gasteiger partial charge < -0.3 is 5.11 Å². The van der Waals surface area contributed by atoms with Gasteiger partial charge in [-0.3, -0.25) is 0 Å². The molecule has 0 amide bonds. The topological polar surface area (TPSA) is 37.3 Å². The van der Waals surface area contributed by atoms with E-state index in [1.807, 2.05) is 18.2 Å². The van der Waals surface area contributed by atoms with Crippen LogP contribution < -0.4 is 0 Å². The Balaban J connectivity index is 2.83. The molecule has 0 fully saturated rings. The molecule has 0 radical (unpaired) electrons. The van der Waals surface area contributed by atoms with Crippen molar-refractivity contribution in [2.45, 2.75) is 26.2 Å². The lowest BCUT2D eigenvalue weighted by molar-refractivity contribution is -0.130. The second-order valence-corrected chi connectivity index (χ2v) is 3.65. The summed E-state index contributed by atoms with van der Waals surface area (Å²) < 4.78 is 0. The van der Waals surface area contributed by atoms with E-state index in [2.05, 4.69) is 18.8 Å². The van der Waals surface area contributed by atoms with Gasteiger partial charge in [0.2, 0.25) is 0 Å². The molecule has 0 spiro atoms. The molecule has 0 saturated heterocycles. The third kappa shape index (κ3) is 4.56. The van der Waals surface area contributed by atoms with Crippen LogP contribution >= 0.6 is 0 Å². The molecule has 0 saturated carbocycles. The Hall–Kier alpha value is -2.01. The molecule has 0 aliphatic heterocycles. The Labute approximate surface area is 102 Å². The Kier molecular flexibility index (Phi) is 5.60. The Morgan fingerprint density at radius 3 is 2.65 bits per heavy atom. The molecule has 0 bridgehead atoms. The van der Waals surface area contributed by atoms with Gasteiger partial charge in [-0.05, 0) is 12.0 Å². The van der Waals surface area contributed by atoms with Crippen molar-refractivity contribution in [1.29, 1.82) is 0 Å². The SMILES string of the molecule is CCCCC#C/C=C(/C(=O)O)c1ccccc1. The lowest BCUT2D eigenvalue weighted by Crippen LogP contribution is -1.98. The molecule has 88 valence electrons. The maximum atomic E-state index is 11.1. The van der Waals surface area contributed by atoms with Crippen molar-refractivity contribution < 1.29 is 9.90 Å². The van der Waals surface area contributed by atoms with E-state index in [4.69, 9.17) is 5.11 Å². The fraction of sp³-hybridized carbons (Fsp3) is 0.267. The molecular formula is C15H16O2. The molecule has 0 atom stereocenters. The molecule has 1 rings (SSSR count). The van der Waals surface area contributed by atoms with Crippen molar-refractivity contribution in [2.24, 2.45) is 0 Å². The molecule has 0 aromatic heterocycles. The molecule has 17 heavy (non-hydrogen) atoms. The largest absolute Gasteiger partial charge is 0.478 e. The highest BCUT2D eigenvalue weighted by Crippen LogP contribution is 2.13. The average Bonchev–Trinajstić information content (AvgIpc) is 2.34. The van der Waals surface area contributed by atoms with Crippen molar-refractivity contribution in [3.8, 4) is 11.8 Å². The van der Waals surface area contributed by atoms with Gasteiger partial charge >= 0.3 is 5.97 Å². The summed E-state index contributed by atoms with van der Waals surface area (Å²) in [5.41, 5.74) is 0.930. The van der Waals surface area contributed by atoms with Gasteiger partial charge in [-0.25, -0.2) is 4.79 Å². The predicted molar refractivity (Wildman–Crippen MR) is 69.4 cm³/mol. The van der Waals surface area contributed by atoms with Crippen LogP contribution in [0.2, 0.25) is 0 Å². The van der Waals surface area contributed by atoms with E-state index in [9.17, 15) is 4.79 Å². The first-order valence-corrected chi connectivity index (χ1v) is 5.73. The Morgan fingerprint density at radius 1 is 1.35 bits per heavy atom. The van der Waals surface area contributed by atoms with Crippen molar-refractivity contribution in [3.05, 3.63) is 42.0 Å². The van der Waals surface area contributed by atoms with Gasteiger partial charge in [-0.15, -0.1) is 0 Å². The molecule has 0 aliphatic rings. The maximum Gasteiger partial charge on any atom is 0.336 e. The van der Waals surface area contributed by atoms with Crippen LogP contribution in [0.1, 0.15) is 31.7 Å².